The van der Waals surface area contributed by atoms with E-state index < -0.39 is 18.1 Å². The fraction of sp³-hybridized carbons (Fsp3) is 0.481. The van der Waals surface area contributed by atoms with Gasteiger partial charge in [0.15, 0.2) is 0 Å². The van der Waals surface area contributed by atoms with Crippen molar-refractivity contribution in [1.82, 2.24) is 25.1 Å². The third-order valence-corrected chi connectivity index (χ3v) is 6.38. The largest absolute Gasteiger partial charge is 0.374 e. The zero-order valence-corrected chi connectivity index (χ0v) is 22.1. The van der Waals surface area contributed by atoms with Crippen LogP contribution in [-0.2, 0) is 4.74 Å². The molecule has 2 aromatic heterocycles. The molecule has 4 rings (SSSR count). The van der Waals surface area contributed by atoms with Crippen molar-refractivity contribution in [3.63, 3.8) is 0 Å². The molecule has 0 aliphatic carbocycles. The number of halogens is 1. The summed E-state index contributed by atoms with van der Waals surface area (Å²) in [7, 11) is 0. The van der Waals surface area contributed by atoms with E-state index in [0.29, 0.717) is 17.2 Å². The van der Waals surface area contributed by atoms with E-state index in [1.165, 1.54) is 12.1 Å². The summed E-state index contributed by atoms with van der Waals surface area (Å²) in [4.78, 5) is 9.00. The summed E-state index contributed by atoms with van der Waals surface area (Å²) in [6.45, 7) is 11.8. The molecule has 9 nitrogen and oxygen atoms in total. The number of aromatic nitrogens is 4. The second-order valence-corrected chi connectivity index (χ2v) is 10.9. The van der Waals surface area contributed by atoms with Gasteiger partial charge >= 0.3 is 0 Å². The Kier molecular flexibility index (Phi) is 7.33. The topological polar surface area (TPSA) is 121 Å². The van der Waals surface area contributed by atoms with E-state index >= 15 is 0 Å². The van der Waals surface area contributed by atoms with Gasteiger partial charge in [-0.2, -0.15) is 10.4 Å². The Hall–Kier alpha value is -3.39. The maximum Gasteiger partial charge on any atom is 0.227 e. The van der Waals surface area contributed by atoms with Crippen LogP contribution in [0, 0.1) is 24.1 Å². The van der Waals surface area contributed by atoms with Crippen molar-refractivity contribution in [1.29, 1.82) is 5.26 Å². The van der Waals surface area contributed by atoms with Gasteiger partial charge in [-0.25, -0.2) is 14.4 Å². The van der Waals surface area contributed by atoms with Crippen LogP contribution in [0.25, 0.3) is 11.3 Å². The molecule has 1 aliphatic heterocycles. The highest BCUT2D eigenvalue weighted by Gasteiger charge is 2.40. The molecular weight excluding hydrogens is 473 g/mol. The Morgan fingerprint density at radius 1 is 1.22 bits per heavy atom. The van der Waals surface area contributed by atoms with Gasteiger partial charge in [0.1, 0.15) is 12.0 Å². The molecule has 1 aliphatic rings. The zero-order chi connectivity index (χ0) is 27.0. The highest BCUT2D eigenvalue weighted by atomic mass is 19.1. The monoisotopic (exact) mass is 507 g/mol. The normalized spacial score (nSPS) is 18.7. The average Bonchev–Trinajstić information content (AvgIpc) is 3.26. The number of nitriles is 1. The SMILES string of the molecule is Cc1cnc(Nc2cnn(C3CC(C)(C)OC(C)(C)C3)c2)nc1-c1ccc(C(O)N[C@@H](C)C#N)c(F)c1. The molecule has 0 bridgehead atoms. The van der Waals surface area contributed by atoms with Gasteiger partial charge in [-0.15, -0.1) is 0 Å². The highest BCUT2D eigenvalue weighted by Crippen LogP contribution is 2.40. The Bertz CT molecular complexity index is 1300. The number of hydrogen-bond acceptors (Lipinski definition) is 8. The Morgan fingerprint density at radius 2 is 1.92 bits per heavy atom. The van der Waals surface area contributed by atoms with Crippen LogP contribution >= 0.6 is 0 Å². The van der Waals surface area contributed by atoms with Crippen molar-refractivity contribution >= 4 is 11.6 Å². The van der Waals surface area contributed by atoms with Crippen LogP contribution in [0.3, 0.4) is 0 Å². The maximum absolute atomic E-state index is 14.8. The molecular formula is C27H34FN7O2. The molecule has 10 heteroatoms. The third-order valence-electron chi connectivity index (χ3n) is 6.38. The summed E-state index contributed by atoms with van der Waals surface area (Å²) in [6.07, 6.45) is 5.76. The van der Waals surface area contributed by atoms with Crippen LogP contribution in [0.4, 0.5) is 16.0 Å². The van der Waals surface area contributed by atoms with Crippen molar-refractivity contribution in [2.24, 2.45) is 0 Å². The zero-order valence-electron chi connectivity index (χ0n) is 22.1. The first-order valence-corrected chi connectivity index (χ1v) is 12.3. The number of rotatable bonds is 7. The average molecular weight is 508 g/mol. The number of nitrogens with zero attached hydrogens (tertiary/aromatic N) is 5. The van der Waals surface area contributed by atoms with E-state index in [4.69, 9.17) is 10.00 Å². The van der Waals surface area contributed by atoms with E-state index in [1.54, 1.807) is 25.4 Å². The Morgan fingerprint density at radius 3 is 2.57 bits per heavy atom. The second-order valence-electron chi connectivity index (χ2n) is 10.9. The number of hydrogen-bond donors (Lipinski definition) is 3. The first-order chi connectivity index (χ1) is 17.4. The molecule has 1 unspecified atom stereocenters. The number of aliphatic hydroxyl groups excluding tert-OH is 1. The lowest BCUT2D eigenvalue weighted by atomic mass is 9.85. The van der Waals surface area contributed by atoms with Gasteiger partial charge in [0.25, 0.3) is 0 Å². The Labute approximate surface area is 216 Å². The molecule has 0 spiro atoms. The van der Waals surface area contributed by atoms with E-state index in [0.717, 1.165) is 24.1 Å². The van der Waals surface area contributed by atoms with Gasteiger partial charge in [0.2, 0.25) is 5.95 Å². The number of aliphatic hydroxyl groups is 1. The van der Waals surface area contributed by atoms with E-state index in [1.807, 2.05) is 23.9 Å². The molecule has 3 heterocycles. The van der Waals surface area contributed by atoms with Gasteiger partial charge < -0.3 is 15.2 Å². The molecule has 0 radical (unpaired) electrons. The van der Waals surface area contributed by atoms with Gasteiger partial charge in [-0.1, -0.05) is 12.1 Å². The number of nitrogens with one attached hydrogen (secondary N) is 2. The van der Waals surface area contributed by atoms with Crippen LogP contribution < -0.4 is 10.6 Å². The smallest absolute Gasteiger partial charge is 0.227 e. The first kappa shape index (κ1) is 26.7. The maximum atomic E-state index is 14.8. The van der Waals surface area contributed by atoms with Crippen LogP contribution in [0.1, 0.15) is 70.9 Å². The number of anilines is 2. The highest BCUT2D eigenvalue weighted by molar-refractivity contribution is 5.65. The fourth-order valence-corrected chi connectivity index (χ4v) is 5.01. The predicted molar refractivity (Wildman–Crippen MR) is 138 cm³/mol. The van der Waals surface area contributed by atoms with Crippen molar-refractivity contribution in [3.05, 3.63) is 53.7 Å². The summed E-state index contributed by atoms with van der Waals surface area (Å²) >= 11 is 0. The standard InChI is InChI=1S/C27H34FN7O2/c1-16-13-30-25(33-19-14-31-35(15-19)20-10-26(3,4)37-27(5,6)11-20)34-23(16)18-7-8-21(22(28)9-18)24(36)32-17(2)12-29/h7-9,13-15,17,20,24,32,36H,10-11H2,1-6H3,(H,30,33,34)/t17-,24?/m0/s1. The third kappa shape index (κ3) is 6.31. The molecule has 37 heavy (non-hydrogen) atoms. The minimum Gasteiger partial charge on any atom is -0.374 e. The molecule has 0 amide bonds. The van der Waals surface area contributed by atoms with Gasteiger partial charge in [0, 0.05) is 23.5 Å². The summed E-state index contributed by atoms with van der Waals surface area (Å²) in [5.41, 5.74) is 2.21. The summed E-state index contributed by atoms with van der Waals surface area (Å²) < 4.78 is 23.0. The molecule has 2 atom stereocenters. The Balaban J connectivity index is 1.53. The lowest BCUT2D eigenvalue weighted by molar-refractivity contribution is -0.170. The van der Waals surface area contributed by atoms with Crippen LogP contribution in [0.15, 0.2) is 36.8 Å². The summed E-state index contributed by atoms with van der Waals surface area (Å²) in [6, 6.07) is 6.03. The van der Waals surface area contributed by atoms with E-state index in [9.17, 15) is 9.50 Å². The second kappa shape index (κ2) is 10.2. The molecule has 1 saturated heterocycles. The lowest BCUT2D eigenvalue weighted by Gasteiger charge is -2.45. The van der Waals surface area contributed by atoms with Crippen molar-refractivity contribution in [2.75, 3.05) is 5.32 Å². The van der Waals surface area contributed by atoms with Crippen molar-refractivity contribution in [2.45, 2.75) is 83.9 Å². The van der Waals surface area contributed by atoms with Crippen molar-refractivity contribution < 1.29 is 14.2 Å². The van der Waals surface area contributed by atoms with E-state index in [-0.39, 0.29) is 22.8 Å². The molecule has 0 saturated carbocycles. The quantitative estimate of drug-likeness (QED) is 0.385. The molecule has 3 N–H and O–H groups in total. The first-order valence-electron chi connectivity index (χ1n) is 12.3. The molecule has 3 aromatic rings. The molecule has 1 aromatic carbocycles. The van der Waals surface area contributed by atoms with Crippen molar-refractivity contribution in [3.8, 4) is 17.3 Å². The summed E-state index contributed by atoms with van der Waals surface area (Å²) in [5.74, 6) is -0.236. The van der Waals surface area contributed by atoms with Gasteiger partial charge in [-0.3, -0.25) is 10.00 Å². The van der Waals surface area contributed by atoms with E-state index in [2.05, 4.69) is 53.4 Å². The minimum atomic E-state index is -1.30. The van der Waals surface area contributed by atoms with Gasteiger partial charge in [-0.05, 0) is 66.0 Å². The number of benzene rings is 1. The van der Waals surface area contributed by atoms with Crippen LogP contribution in [0.5, 0.6) is 0 Å². The van der Waals surface area contributed by atoms with Crippen LogP contribution in [0.2, 0.25) is 0 Å². The predicted octanol–water partition coefficient (Wildman–Crippen LogP) is 4.93. The lowest BCUT2D eigenvalue weighted by Crippen LogP contribution is -2.45. The number of aryl methyl sites for hydroxylation is 1. The fourth-order valence-electron chi connectivity index (χ4n) is 5.01. The van der Waals surface area contributed by atoms with Crippen LogP contribution in [-0.4, -0.2) is 42.1 Å². The summed E-state index contributed by atoms with van der Waals surface area (Å²) in [5, 5.41) is 29.6. The number of ether oxygens (including phenoxy) is 1. The molecule has 1 fully saturated rings. The van der Waals surface area contributed by atoms with Gasteiger partial charge in [0.05, 0.1) is 46.9 Å². The minimum absolute atomic E-state index is 0.0581. The molecule has 196 valence electrons.